The second-order valence-electron chi connectivity index (χ2n) is 3.23. The molecule has 2 nitrogen and oxygen atoms in total. The van der Waals surface area contributed by atoms with Crippen molar-refractivity contribution >= 4 is 0 Å². The van der Waals surface area contributed by atoms with Gasteiger partial charge in [0, 0.05) is 12.6 Å². The molecule has 2 N–H and O–H groups in total. The van der Waals surface area contributed by atoms with E-state index >= 15 is 0 Å². The van der Waals surface area contributed by atoms with Crippen LogP contribution in [0, 0.1) is 0 Å². The Morgan fingerprint density at radius 1 is 1.15 bits per heavy atom. The summed E-state index contributed by atoms with van der Waals surface area (Å²) in [5.74, 6) is 0. The molecular weight excluding hydrogens is 160 g/mol. The van der Waals surface area contributed by atoms with Crippen molar-refractivity contribution in [3.05, 3.63) is 35.9 Å². The van der Waals surface area contributed by atoms with Gasteiger partial charge in [-0.25, -0.2) is 0 Å². The number of hydrogen-bond acceptors (Lipinski definition) is 2. The van der Waals surface area contributed by atoms with Gasteiger partial charge < -0.3 is 10.6 Å². The zero-order valence-corrected chi connectivity index (χ0v) is 8.38. The number of likely N-dealkylation sites (N-methyl/N-ethyl adjacent to an activating group) is 2. The average Bonchev–Trinajstić information content (AvgIpc) is 2.19. The molecule has 0 amide bonds. The average molecular weight is 178 g/mol. The highest BCUT2D eigenvalue weighted by Gasteiger charge is 2.04. The Bertz CT molecular complexity index is 221. The Labute approximate surface area is 80.4 Å². The predicted molar refractivity (Wildman–Crippen MR) is 56.9 cm³/mol. The molecule has 0 radical (unpaired) electrons. The molecule has 72 valence electrons. The van der Waals surface area contributed by atoms with Crippen molar-refractivity contribution in [1.82, 2.24) is 10.6 Å². The quantitative estimate of drug-likeness (QED) is 0.704. The van der Waals surface area contributed by atoms with Gasteiger partial charge >= 0.3 is 0 Å². The van der Waals surface area contributed by atoms with Crippen molar-refractivity contribution < 1.29 is 0 Å². The molecule has 0 aliphatic carbocycles. The van der Waals surface area contributed by atoms with E-state index < -0.39 is 0 Å². The third-order valence-electron chi connectivity index (χ3n) is 2.18. The van der Waals surface area contributed by atoms with Crippen LogP contribution in [-0.4, -0.2) is 26.7 Å². The van der Waals surface area contributed by atoms with Gasteiger partial charge in [0.1, 0.15) is 0 Å². The van der Waals surface area contributed by atoms with Crippen LogP contribution in [0.4, 0.5) is 0 Å². The second kappa shape index (κ2) is 5.73. The number of hydrogen-bond donors (Lipinski definition) is 2. The topological polar surface area (TPSA) is 24.1 Å². The van der Waals surface area contributed by atoms with Crippen LogP contribution in [0.15, 0.2) is 30.3 Å². The van der Waals surface area contributed by atoms with E-state index in [1.807, 2.05) is 14.1 Å². The Kier molecular flexibility index (Phi) is 4.50. The van der Waals surface area contributed by atoms with Crippen molar-refractivity contribution in [1.29, 1.82) is 0 Å². The van der Waals surface area contributed by atoms with E-state index in [-0.39, 0.29) is 0 Å². The van der Waals surface area contributed by atoms with E-state index in [1.54, 1.807) is 0 Å². The Balaban J connectivity index is 2.46. The van der Waals surface area contributed by atoms with Gasteiger partial charge in [0.25, 0.3) is 0 Å². The van der Waals surface area contributed by atoms with E-state index in [1.165, 1.54) is 5.56 Å². The monoisotopic (exact) mass is 178 g/mol. The van der Waals surface area contributed by atoms with Crippen LogP contribution in [0.3, 0.4) is 0 Å². The fourth-order valence-electron chi connectivity index (χ4n) is 1.42. The Hall–Kier alpha value is -0.860. The summed E-state index contributed by atoms with van der Waals surface area (Å²) in [6, 6.07) is 11.1. The molecule has 0 bridgehead atoms. The zero-order valence-electron chi connectivity index (χ0n) is 8.38. The molecule has 0 aliphatic rings. The van der Waals surface area contributed by atoms with E-state index in [4.69, 9.17) is 0 Å². The van der Waals surface area contributed by atoms with E-state index in [0.29, 0.717) is 6.04 Å². The Morgan fingerprint density at radius 3 is 2.38 bits per heavy atom. The van der Waals surface area contributed by atoms with E-state index in [0.717, 1.165) is 13.0 Å². The SMILES string of the molecule is CNCC(Cc1ccccc1)NC. The lowest BCUT2D eigenvalue weighted by atomic mass is 10.1. The van der Waals surface area contributed by atoms with Crippen molar-refractivity contribution in [2.75, 3.05) is 20.6 Å². The maximum absolute atomic E-state index is 3.29. The van der Waals surface area contributed by atoms with Crippen LogP contribution in [-0.2, 0) is 6.42 Å². The molecule has 1 unspecified atom stereocenters. The van der Waals surface area contributed by atoms with Gasteiger partial charge in [-0.1, -0.05) is 30.3 Å². The summed E-state index contributed by atoms with van der Waals surface area (Å²) in [6.07, 6.45) is 1.08. The summed E-state index contributed by atoms with van der Waals surface area (Å²) < 4.78 is 0. The minimum atomic E-state index is 0.521. The number of benzene rings is 1. The first-order valence-electron chi connectivity index (χ1n) is 4.72. The van der Waals surface area contributed by atoms with Crippen molar-refractivity contribution in [2.45, 2.75) is 12.5 Å². The van der Waals surface area contributed by atoms with E-state index in [9.17, 15) is 0 Å². The summed E-state index contributed by atoms with van der Waals surface area (Å²) in [5.41, 5.74) is 1.39. The minimum Gasteiger partial charge on any atom is -0.318 e. The molecule has 0 saturated heterocycles. The molecule has 1 aromatic carbocycles. The van der Waals surface area contributed by atoms with Gasteiger partial charge in [0.15, 0.2) is 0 Å². The van der Waals surface area contributed by atoms with Crippen molar-refractivity contribution in [3.63, 3.8) is 0 Å². The highest BCUT2D eigenvalue weighted by Crippen LogP contribution is 2.01. The van der Waals surface area contributed by atoms with Crippen molar-refractivity contribution in [3.8, 4) is 0 Å². The van der Waals surface area contributed by atoms with Crippen LogP contribution >= 0.6 is 0 Å². The lowest BCUT2D eigenvalue weighted by molar-refractivity contribution is 0.530. The minimum absolute atomic E-state index is 0.521. The lowest BCUT2D eigenvalue weighted by Crippen LogP contribution is -2.36. The molecule has 0 heterocycles. The van der Waals surface area contributed by atoms with Gasteiger partial charge in [0.05, 0.1) is 0 Å². The molecule has 13 heavy (non-hydrogen) atoms. The third kappa shape index (κ3) is 3.57. The molecule has 0 fully saturated rings. The molecule has 0 saturated carbocycles. The molecular formula is C11H18N2. The second-order valence-corrected chi connectivity index (χ2v) is 3.23. The van der Waals surface area contributed by atoms with Crippen LogP contribution in [0.25, 0.3) is 0 Å². The molecule has 1 rings (SSSR count). The van der Waals surface area contributed by atoms with Gasteiger partial charge in [-0.05, 0) is 26.1 Å². The summed E-state index contributed by atoms with van der Waals surface area (Å²) in [6.45, 7) is 1.01. The first kappa shape index (κ1) is 10.2. The largest absolute Gasteiger partial charge is 0.318 e. The van der Waals surface area contributed by atoms with Crippen molar-refractivity contribution in [2.24, 2.45) is 0 Å². The van der Waals surface area contributed by atoms with Crippen LogP contribution < -0.4 is 10.6 Å². The van der Waals surface area contributed by atoms with Crippen LogP contribution in [0.5, 0.6) is 0 Å². The number of rotatable bonds is 5. The normalized spacial score (nSPS) is 12.8. The lowest BCUT2D eigenvalue weighted by Gasteiger charge is -2.15. The maximum Gasteiger partial charge on any atom is 0.0229 e. The van der Waals surface area contributed by atoms with Gasteiger partial charge in [-0.2, -0.15) is 0 Å². The summed E-state index contributed by atoms with van der Waals surface area (Å²) in [7, 11) is 3.99. The summed E-state index contributed by atoms with van der Waals surface area (Å²) in [5, 5.41) is 6.47. The van der Waals surface area contributed by atoms with Gasteiger partial charge in [-0.15, -0.1) is 0 Å². The first-order valence-corrected chi connectivity index (χ1v) is 4.72. The predicted octanol–water partition coefficient (Wildman–Crippen LogP) is 1.04. The highest BCUT2D eigenvalue weighted by atomic mass is 14.9. The fourth-order valence-corrected chi connectivity index (χ4v) is 1.42. The third-order valence-corrected chi connectivity index (χ3v) is 2.18. The highest BCUT2D eigenvalue weighted by molar-refractivity contribution is 5.15. The van der Waals surface area contributed by atoms with Crippen LogP contribution in [0.1, 0.15) is 5.56 Å². The first-order chi connectivity index (χ1) is 6.36. The standard InChI is InChI=1S/C11H18N2/c1-12-9-11(13-2)8-10-6-4-3-5-7-10/h3-7,11-13H,8-9H2,1-2H3. The molecule has 0 spiro atoms. The molecule has 1 aromatic rings. The molecule has 0 aliphatic heterocycles. The fraction of sp³-hybridized carbons (Fsp3) is 0.455. The zero-order chi connectivity index (χ0) is 9.52. The Morgan fingerprint density at radius 2 is 1.85 bits per heavy atom. The summed E-state index contributed by atoms with van der Waals surface area (Å²) in [4.78, 5) is 0. The van der Waals surface area contributed by atoms with E-state index in [2.05, 4.69) is 41.0 Å². The number of nitrogens with one attached hydrogen (secondary N) is 2. The molecule has 0 aromatic heterocycles. The summed E-state index contributed by atoms with van der Waals surface area (Å²) >= 11 is 0. The van der Waals surface area contributed by atoms with Crippen LogP contribution in [0.2, 0.25) is 0 Å². The smallest absolute Gasteiger partial charge is 0.0229 e. The molecule has 2 heteroatoms. The van der Waals surface area contributed by atoms with Gasteiger partial charge in [0.2, 0.25) is 0 Å². The molecule has 1 atom stereocenters. The maximum atomic E-state index is 3.29. The van der Waals surface area contributed by atoms with Gasteiger partial charge in [-0.3, -0.25) is 0 Å².